The molecule has 3 aromatic carbocycles. The molecule has 0 aliphatic carbocycles. The summed E-state index contributed by atoms with van der Waals surface area (Å²) in [5, 5.41) is 25.3. The SMILES string of the molecule is CCOC(=O)c1ccc(NC(=O)CSc2nnc(CNC(=O)c3ccc(C)c([N+](=O)[O-])c3)n2-c2ccc(F)cc2)cc1. The first-order valence-electron chi connectivity index (χ1n) is 12.6. The van der Waals surface area contributed by atoms with Crippen LogP contribution in [-0.2, 0) is 16.1 Å². The van der Waals surface area contributed by atoms with Crippen LogP contribution >= 0.6 is 11.8 Å². The molecule has 4 rings (SSSR count). The second kappa shape index (κ2) is 13.5. The molecule has 0 radical (unpaired) electrons. The summed E-state index contributed by atoms with van der Waals surface area (Å²) in [6.07, 6.45) is 0. The van der Waals surface area contributed by atoms with Crippen LogP contribution in [0.5, 0.6) is 0 Å². The summed E-state index contributed by atoms with van der Waals surface area (Å²) in [5.41, 5.74) is 1.68. The topological polar surface area (TPSA) is 158 Å². The van der Waals surface area contributed by atoms with Gasteiger partial charge in [-0.1, -0.05) is 17.8 Å². The van der Waals surface area contributed by atoms with Gasteiger partial charge in [-0.15, -0.1) is 10.2 Å². The molecule has 0 aliphatic rings. The minimum atomic E-state index is -0.561. The summed E-state index contributed by atoms with van der Waals surface area (Å²) in [5.74, 6) is -1.60. The molecule has 42 heavy (non-hydrogen) atoms. The summed E-state index contributed by atoms with van der Waals surface area (Å²) >= 11 is 1.07. The van der Waals surface area contributed by atoms with Crippen LogP contribution in [0.4, 0.5) is 15.8 Å². The van der Waals surface area contributed by atoms with Crippen LogP contribution in [0.15, 0.2) is 71.9 Å². The lowest BCUT2D eigenvalue weighted by Gasteiger charge is -2.11. The molecule has 0 spiro atoms. The van der Waals surface area contributed by atoms with Gasteiger partial charge in [-0.2, -0.15) is 0 Å². The number of nitro benzene ring substituents is 1. The van der Waals surface area contributed by atoms with Crippen LogP contribution in [0.25, 0.3) is 5.69 Å². The van der Waals surface area contributed by atoms with Gasteiger partial charge in [0.1, 0.15) is 5.82 Å². The van der Waals surface area contributed by atoms with Gasteiger partial charge >= 0.3 is 5.97 Å². The molecule has 0 saturated carbocycles. The van der Waals surface area contributed by atoms with E-state index in [1.807, 2.05) is 0 Å². The van der Waals surface area contributed by atoms with Crippen LogP contribution < -0.4 is 10.6 Å². The molecule has 0 aliphatic heterocycles. The third-order valence-corrected chi connectivity index (χ3v) is 6.80. The van der Waals surface area contributed by atoms with E-state index in [4.69, 9.17) is 4.74 Å². The Kier molecular flexibility index (Phi) is 9.60. The zero-order valence-electron chi connectivity index (χ0n) is 22.5. The van der Waals surface area contributed by atoms with Crippen molar-refractivity contribution in [1.82, 2.24) is 20.1 Å². The first-order valence-corrected chi connectivity index (χ1v) is 13.6. The van der Waals surface area contributed by atoms with Gasteiger partial charge < -0.3 is 15.4 Å². The molecule has 12 nitrogen and oxygen atoms in total. The third-order valence-electron chi connectivity index (χ3n) is 5.87. The molecule has 14 heteroatoms. The van der Waals surface area contributed by atoms with Gasteiger partial charge in [0.05, 0.1) is 29.4 Å². The lowest BCUT2D eigenvalue weighted by atomic mass is 10.1. The zero-order chi connectivity index (χ0) is 30.2. The van der Waals surface area contributed by atoms with Gasteiger partial charge in [-0.05, 0) is 68.4 Å². The number of rotatable bonds is 11. The first-order chi connectivity index (χ1) is 20.2. The molecule has 0 atom stereocenters. The lowest BCUT2D eigenvalue weighted by molar-refractivity contribution is -0.385. The normalized spacial score (nSPS) is 10.6. The molecule has 2 N–H and O–H groups in total. The van der Waals surface area contributed by atoms with E-state index >= 15 is 0 Å². The van der Waals surface area contributed by atoms with Gasteiger partial charge in [0, 0.05) is 28.6 Å². The van der Waals surface area contributed by atoms with Crippen molar-refractivity contribution in [2.24, 2.45) is 0 Å². The summed E-state index contributed by atoms with van der Waals surface area (Å²) < 4.78 is 20.2. The molecule has 0 saturated heterocycles. The van der Waals surface area contributed by atoms with Crippen molar-refractivity contribution in [3.63, 3.8) is 0 Å². The fourth-order valence-electron chi connectivity index (χ4n) is 3.80. The van der Waals surface area contributed by atoms with E-state index in [0.717, 1.165) is 11.8 Å². The van der Waals surface area contributed by atoms with Crippen molar-refractivity contribution in [3.8, 4) is 5.69 Å². The standard InChI is InChI=1S/C28H25FN6O6S/c1-3-41-27(38)18-6-10-21(11-7-18)31-25(36)16-42-28-33-32-24(34(28)22-12-8-20(29)9-13-22)15-30-26(37)19-5-4-17(2)23(14-19)35(39)40/h4-14H,3,15-16H2,1-2H3,(H,30,37)(H,31,36). The molecule has 0 fully saturated rings. The maximum absolute atomic E-state index is 13.6. The Bertz CT molecular complexity index is 1630. The number of hydrogen-bond donors (Lipinski definition) is 2. The second-order valence-corrected chi connectivity index (χ2v) is 9.73. The smallest absolute Gasteiger partial charge is 0.338 e. The predicted octanol–water partition coefficient (Wildman–Crippen LogP) is 4.46. The number of thioether (sulfide) groups is 1. The number of ether oxygens (including phenoxy) is 1. The molecule has 4 aromatic rings. The molecule has 2 amide bonds. The highest BCUT2D eigenvalue weighted by molar-refractivity contribution is 7.99. The Labute approximate surface area is 243 Å². The van der Waals surface area contributed by atoms with Gasteiger partial charge in [0.2, 0.25) is 5.91 Å². The molecule has 1 heterocycles. The number of benzene rings is 3. The molecule has 1 aromatic heterocycles. The van der Waals surface area contributed by atoms with Crippen molar-refractivity contribution < 1.29 is 28.4 Å². The predicted molar refractivity (Wildman–Crippen MR) is 152 cm³/mol. The average molecular weight is 593 g/mol. The number of nitrogens with one attached hydrogen (secondary N) is 2. The summed E-state index contributed by atoms with van der Waals surface area (Å²) in [4.78, 5) is 47.9. The Hall–Kier alpha value is -5.11. The number of nitrogens with zero attached hydrogens (tertiary/aromatic N) is 4. The molecular formula is C28H25FN6O6S. The number of esters is 1. The number of carbonyl (C=O) groups is 3. The van der Waals surface area contributed by atoms with Crippen molar-refractivity contribution >= 4 is 40.9 Å². The van der Waals surface area contributed by atoms with Crippen LogP contribution in [0.1, 0.15) is 39.0 Å². The van der Waals surface area contributed by atoms with Crippen molar-refractivity contribution in [2.75, 3.05) is 17.7 Å². The highest BCUT2D eigenvalue weighted by atomic mass is 32.2. The highest BCUT2D eigenvalue weighted by Crippen LogP contribution is 2.24. The van der Waals surface area contributed by atoms with E-state index in [9.17, 15) is 28.9 Å². The van der Waals surface area contributed by atoms with Crippen molar-refractivity contribution in [3.05, 3.63) is 105 Å². The maximum atomic E-state index is 13.6. The molecule has 0 unspecified atom stereocenters. The largest absolute Gasteiger partial charge is 0.462 e. The number of amides is 2. The minimum absolute atomic E-state index is 0.0572. The van der Waals surface area contributed by atoms with Crippen LogP contribution in [0, 0.1) is 22.9 Å². The fraction of sp³-hybridized carbons (Fsp3) is 0.179. The number of aromatic nitrogens is 3. The van der Waals surface area contributed by atoms with E-state index in [1.165, 1.54) is 42.5 Å². The Morgan fingerprint density at radius 3 is 2.38 bits per heavy atom. The van der Waals surface area contributed by atoms with Gasteiger partial charge in [-0.25, -0.2) is 9.18 Å². The average Bonchev–Trinajstić information content (AvgIpc) is 3.38. The van der Waals surface area contributed by atoms with E-state index < -0.39 is 22.6 Å². The second-order valence-electron chi connectivity index (χ2n) is 8.79. The van der Waals surface area contributed by atoms with E-state index in [2.05, 4.69) is 20.8 Å². The molecule has 216 valence electrons. The number of halogens is 1. The Morgan fingerprint density at radius 1 is 1.02 bits per heavy atom. The number of nitro groups is 1. The van der Waals surface area contributed by atoms with Crippen LogP contribution in [-0.4, -0.2) is 49.8 Å². The first kappa shape index (κ1) is 29.9. The third kappa shape index (κ3) is 7.34. The quantitative estimate of drug-likeness (QED) is 0.111. The fourth-order valence-corrected chi connectivity index (χ4v) is 4.57. The molecular weight excluding hydrogens is 567 g/mol. The van der Waals surface area contributed by atoms with E-state index in [1.54, 1.807) is 42.7 Å². The van der Waals surface area contributed by atoms with Crippen molar-refractivity contribution in [2.45, 2.75) is 25.5 Å². The molecule has 0 bridgehead atoms. The highest BCUT2D eigenvalue weighted by Gasteiger charge is 2.19. The monoisotopic (exact) mass is 592 g/mol. The Morgan fingerprint density at radius 2 is 1.71 bits per heavy atom. The number of anilines is 1. The number of aryl methyl sites for hydroxylation is 1. The van der Waals surface area contributed by atoms with Crippen LogP contribution in [0.3, 0.4) is 0 Å². The summed E-state index contributed by atoms with van der Waals surface area (Å²) in [7, 11) is 0. The lowest BCUT2D eigenvalue weighted by Crippen LogP contribution is -2.25. The number of carbonyl (C=O) groups excluding carboxylic acids is 3. The minimum Gasteiger partial charge on any atom is -0.462 e. The summed E-state index contributed by atoms with van der Waals surface area (Å²) in [6, 6.07) is 15.9. The van der Waals surface area contributed by atoms with Crippen LogP contribution in [0.2, 0.25) is 0 Å². The Balaban J connectivity index is 1.47. The summed E-state index contributed by atoms with van der Waals surface area (Å²) in [6.45, 7) is 3.43. The maximum Gasteiger partial charge on any atom is 0.338 e. The van der Waals surface area contributed by atoms with Crippen molar-refractivity contribution in [1.29, 1.82) is 0 Å². The van der Waals surface area contributed by atoms with E-state index in [-0.39, 0.29) is 41.9 Å². The van der Waals surface area contributed by atoms with Gasteiger partial charge in [0.25, 0.3) is 11.6 Å². The van der Waals surface area contributed by atoms with Gasteiger partial charge in [0.15, 0.2) is 11.0 Å². The van der Waals surface area contributed by atoms with E-state index in [0.29, 0.717) is 27.7 Å². The number of hydrogen-bond acceptors (Lipinski definition) is 9. The zero-order valence-corrected chi connectivity index (χ0v) is 23.3. The van der Waals surface area contributed by atoms with Gasteiger partial charge in [-0.3, -0.25) is 24.3 Å².